The Morgan fingerprint density at radius 1 is 1.21 bits per heavy atom. The molecule has 0 spiro atoms. The molecule has 1 aromatic carbocycles. The van der Waals surface area contributed by atoms with Crippen molar-refractivity contribution in [3.05, 3.63) is 68.4 Å². The highest BCUT2D eigenvalue weighted by atomic mass is 32.1. The van der Waals surface area contributed by atoms with Gasteiger partial charge in [0.2, 0.25) is 0 Å². The number of hydrogen-bond acceptors (Lipinski definition) is 10. The molecular formula is C29H36FN5O7S. The molecule has 2 atom stereocenters. The maximum absolute atomic E-state index is 14.5. The molecule has 0 radical (unpaired) electrons. The monoisotopic (exact) mass is 617 g/mol. The zero-order valence-corrected chi connectivity index (χ0v) is 25.8. The fourth-order valence-corrected chi connectivity index (χ4v) is 5.92. The van der Waals surface area contributed by atoms with Gasteiger partial charge in [0, 0.05) is 11.1 Å². The zero-order valence-electron chi connectivity index (χ0n) is 25.0. The van der Waals surface area contributed by atoms with E-state index in [-0.39, 0.29) is 30.0 Å². The summed E-state index contributed by atoms with van der Waals surface area (Å²) < 4.78 is 33.6. The van der Waals surface area contributed by atoms with Crippen LogP contribution < -0.4 is 16.0 Å². The van der Waals surface area contributed by atoms with E-state index in [0.29, 0.717) is 28.3 Å². The number of aromatic nitrogens is 5. The lowest BCUT2D eigenvalue weighted by atomic mass is 10.0. The first-order valence-corrected chi connectivity index (χ1v) is 14.7. The molecule has 0 bridgehead atoms. The van der Waals surface area contributed by atoms with Crippen molar-refractivity contribution < 1.29 is 28.5 Å². The minimum Gasteiger partial charge on any atom is -0.496 e. The number of aryl methyl sites for hydroxylation is 1. The lowest BCUT2D eigenvalue weighted by molar-refractivity contribution is -0.153. The molecule has 1 N–H and O–H groups in total. The van der Waals surface area contributed by atoms with Crippen molar-refractivity contribution in [3.8, 4) is 10.8 Å². The maximum Gasteiger partial charge on any atom is 0.333 e. The van der Waals surface area contributed by atoms with Crippen molar-refractivity contribution >= 4 is 27.5 Å². The van der Waals surface area contributed by atoms with Gasteiger partial charge in [-0.25, -0.2) is 18.5 Å². The highest BCUT2D eigenvalue weighted by Crippen LogP contribution is 2.34. The summed E-state index contributed by atoms with van der Waals surface area (Å²) in [6.45, 7) is 7.89. The van der Waals surface area contributed by atoms with E-state index in [1.165, 1.54) is 67.8 Å². The molecule has 0 aliphatic carbocycles. The molecular weight excluding hydrogens is 581 g/mol. The topological polar surface area (TPSA) is 140 Å². The molecule has 0 saturated carbocycles. The second kappa shape index (κ2) is 13.2. The lowest BCUT2D eigenvalue weighted by Gasteiger charge is -2.27. The number of benzene rings is 1. The van der Waals surface area contributed by atoms with Gasteiger partial charge in [0.25, 0.3) is 5.56 Å². The summed E-state index contributed by atoms with van der Waals surface area (Å²) in [5.41, 5.74) is -2.35. The summed E-state index contributed by atoms with van der Waals surface area (Å²) in [7, 11) is 1.42. The molecule has 0 aliphatic rings. The van der Waals surface area contributed by atoms with Gasteiger partial charge < -0.3 is 19.3 Å². The number of carbonyl (C=O) groups is 1. The summed E-state index contributed by atoms with van der Waals surface area (Å²) >= 11 is 1.12. The van der Waals surface area contributed by atoms with Crippen molar-refractivity contribution in [2.75, 3.05) is 20.3 Å². The molecule has 4 aromatic rings. The van der Waals surface area contributed by atoms with E-state index in [9.17, 15) is 23.9 Å². The van der Waals surface area contributed by atoms with Crippen LogP contribution in [0.25, 0.3) is 15.2 Å². The molecule has 12 nitrogen and oxygen atoms in total. The highest BCUT2D eigenvalue weighted by Gasteiger charge is 2.37. The Bertz CT molecular complexity index is 1710. The number of thiophene rings is 1. The van der Waals surface area contributed by atoms with Gasteiger partial charge in [0.05, 0.1) is 50.8 Å². The quantitative estimate of drug-likeness (QED) is 0.176. The van der Waals surface area contributed by atoms with Crippen molar-refractivity contribution in [2.45, 2.75) is 71.8 Å². The summed E-state index contributed by atoms with van der Waals surface area (Å²) in [5, 5.41) is 19.1. The Kier molecular flexibility index (Phi) is 9.82. The van der Waals surface area contributed by atoms with E-state index in [0.717, 1.165) is 22.3 Å². The molecule has 0 aliphatic heterocycles. The summed E-state index contributed by atoms with van der Waals surface area (Å²) in [4.78, 5) is 43.2. The second-order valence-corrected chi connectivity index (χ2v) is 11.6. The van der Waals surface area contributed by atoms with Crippen LogP contribution in [0.3, 0.4) is 0 Å². The van der Waals surface area contributed by atoms with E-state index < -0.39 is 40.8 Å². The van der Waals surface area contributed by atoms with Crippen LogP contribution in [0.4, 0.5) is 4.39 Å². The van der Waals surface area contributed by atoms with Crippen LogP contribution in [0, 0.1) is 12.7 Å². The van der Waals surface area contributed by atoms with Crippen LogP contribution in [-0.2, 0) is 26.4 Å². The highest BCUT2D eigenvalue weighted by molar-refractivity contribution is 7.21. The van der Waals surface area contributed by atoms with Crippen LogP contribution >= 0.6 is 11.3 Å². The van der Waals surface area contributed by atoms with Crippen LogP contribution in [0.1, 0.15) is 57.8 Å². The number of hydrogen-bond donors (Lipinski definition) is 1. The van der Waals surface area contributed by atoms with E-state index in [2.05, 4.69) is 10.2 Å². The van der Waals surface area contributed by atoms with Crippen molar-refractivity contribution in [2.24, 2.45) is 0 Å². The number of halogens is 1. The maximum atomic E-state index is 14.5. The molecule has 0 amide bonds. The van der Waals surface area contributed by atoms with Gasteiger partial charge in [0.1, 0.15) is 33.0 Å². The first kappa shape index (κ1) is 32.0. The average molecular weight is 618 g/mol. The number of aliphatic hydroxyl groups is 1. The first-order valence-electron chi connectivity index (χ1n) is 13.9. The van der Waals surface area contributed by atoms with E-state index in [1.54, 1.807) is 6.92 Å². The minimum absolute atomic E-state index is 0.136. The molecule has 14 heteroatoms. The summed E-state index contributed by atoms with van der Waals surface area (Å²) in [6.07, 6.45) is 2.53. The Hall–Kier alpha value is -3.88. The number of esters is 1. The third-order valence-corrected chi connectivity index (χ3v) is 8.28. The molecule has 3 aromatic heterocycles. The van der Waals surface area contributed by atoms with E-state index >= 15 is 0 Å². The number of carbonyl (C=O) groups excluding carboxylic acids is 1. The second-order valence-electron chi connectivity index (χ2n) is 10.7. The lowest BCUT2D eigenvalue weighted by Crippen LogP contribution is -2.53. The van der Waals surface area contributed by atoms with Gasteiger partial charge in [0.15, 0.2) is 0 Å². The predicted molar refractivity (Wildman–Crippen MR) is 159 cm³/mol. The fourth-order valence-electron chi connectivity index (χ4n) is 4.70. The number of aliphatic hydroxyl groups excluding tert-OH is 1. The third-order valence-electron chi connectivity index (χ3n) is 7.00. The zero-order chi connectivity index (χ0) is 31.5. The van der Waals surface area contributed by atoms with Gasteiger partial charge in [-0.1, -0.05) is 24.7 Å². The van der Waals surface area contributed by atoms with E-state index in [4.69, 9.17) is 14.2 Å². The summed E-state index contributed by atoms with van der Waals surface area (Å²) in [6, 6.07) is 3.91. The van der Waals surface area contributed by atoms with Gasteiger partial charge in [-0.2, -0.15) is 10.2 Å². The average Bonchev–Trinajstić information content (AvgIpc) is 3.60. The minimum atomic E-state index is -1.68. The summed E-state index contributed by atoms with van der Waals surface area (Å²) in [5.74, 6) is -0.987. The number of ether oxygens (including phenoxy) is 3. The molecule has 0 saturated heterocycles. The Morgan fingerprint density at radius 2 is 1.91 bits per heavy atom. The molecule has 4 rings (SSSR count). The molecule has 0 fully saturated rings. The molecule has 1 unspecified atom stereocenters. The van der Waals surface area contributed by atoms with Gasteiger partial charge in [-0.15, -0.1) is 4.80 Å². The molecule has 3 heterocycles. The van der Waals surface area contributed by atoms with E-state index in [1.807, 2.05) is 6.92 Å². The van der Waals surface area contributed by atoms with Gasteiger partial charge >= 0.3 is 11.7 Å². The number of unbranched alkanes of at least 4 members (excludes halogenated alkanes) is 1. The van der Waals surface area contributed by atoms with Gasteiger partial charge in [-0.05, 0) is 52.3 Å². The molecule has 232 valence electrons. The van der Waals surface area contributed by atoms with Crippen molar-refractivity contribution in [3.63, 3.8) is 0 Å². The number of nitrogens with zero attached hydrogens (tertiary/aromatic N) is 5. The Balaban J connectivity index is 2.00. The van der Waals surface area contributed by atoms with Crippen LogP contribution in [-0.4, -0.2) is 61.6 Å². The predicted octanol–water partition coefficient (Wildman–Crippen LogP) is 3.48. The third kappa shape index (κ3) is 6.40. The van der Waals surface area contributed by atoms with Crippen LogP contribution in [0.5, 0.6) is 5.75 Å². The Labute approximate surface area is 251 Å². The van der Waals surface area contributed by atoms with Gasteiger partial charge in [-0.3, -0.25) is 9.36 Å². The SMILES string of the molecule is CCCCOC(=O)C(C)(C)n1c(=O)c2c(C)c(-n3nccn3)sc2n(C[C@H](OCC(C)O)c2cc(F)ccc2OC)c1=O. The molecule has 43 heavy (non-hydrogen) atoms. The standard InChI is InChI=1S/C29H36FN5O7S/c1-7-8-13-41-27(38)29(4,5)34-24(37)23-18(3)25(35-31-11-12-32-35)43-26(23)33(28(34)39)15-22(42-16-17(2)36)20-14-19(30)9-10-21(20)40-6/h9-12,14,17,22,36H,7-8,13,15-16H2,1-6H3/t17?,22-/m0/s1. The van der Waals surface area contributed by atoms with Crippen LogP contribution in [0.15, 0.2) is 40.2 Å². The largest absolute Gasteiger partial charge is 0.496 e. The van der Waals surface area contributed by atoms with Crippen molar-refractivity contribution in [1.82, 2.24) is 24.1 Å². The Morgan fingerprint density at radius 3 is 2.53 bits per heavy atom. The normalized spacial score (nSPS) is 13.3. The first-order chi connectivity index (χ1) is 20.4. The number of fused-ring (bicyclic) bond motifs is 1. The number of methoxy groups -OCH3 is 1. The van der Waals surface area contributed by atoms with Crippen LogP contribution in [0.2, 0.25) is 0 Å². The smallest absolute Gasteiger partial charge is 0.333 e. The fraction of sp³-hybridized carbons (Fsp3) is 0.483. The number of rotatable bonds is 13. The van der Waals surface area contributed by atoms with Crippen molar-refractivity contribution in [1.29, 1.82) is 0 Å².